The fourth-order valence-electron chi connectivity index (χ4n) is 4.00. The first kappa shape index (κ1) is 25.5. The Kier molecular flexibility index (Phi) is 7.81. The second-order valence-electron chi connectivity index (χ2n) is 8.49. The van der Waals surface area contributed by atoms with Crippen LogP contribution < -0.4 is 19.7 Å². The number of sulfonamides is 1. The van der Waals surface area contributed by atoms with Crippen LogP contribution in [0.5, 0.6) is 5.75 Å². The number of hydrogen-bond acceptors (Lipinski definition) is 5. The van der Waals surface area contributed by atoms with Gasteiger partial charge in [-0.3, -0.25) is 4.79 Å². The van der Waals surface area contributed by atoms with Crippen molar-refractivity contribution in [3.05, 3.63) is 94.5 Å². The van der Waals surface area contributed by atoms with Gasteiger partial charge >= 0.3 is 6.03 Å². The molecule has 0 aromatic heterocycles. The predicted molar refractivity (Wildman–Crippen MR) is 139 cm³/mol. The van der Waals surface area contributed by atoms with Crippen LogP contribution in [-0.4, -0.2) is 40.1 Å². The van der Waals surface area contributed by atoms with Gasteiger partial charge in [0.1, 0.15) is 11.8 Å². The number of nitrogens with one attached hydrogen (secondary N) is 2. The lowest BCUT2D eigenvalue weighted by molar-refractivity contribution is -0.120. The van der Waals surface area contributed by atoms with Crippen LogP contribution in [0.1, 0.15) is 16.7 Å². The Morgan fingerprint density at radius 3 is 2.53 bits per heavy atom. The number of likely N-dealkylation sites (N-methyl/N-ethyl adjacent to an activating group) is 1. The van der Waals surface area contributed by atoms with E-state index in [0.29, 0.717) is 22.9 Å². The van der Waals surface area contributed by atoms with E-state index in [1.165, 1.54) is 11.0 Å². The van der Waals surface area contributed by atoms with Crippen molar-refractivity contribution in [2.45, 2.75) is 24.6 Å². The van der Waals surface area contributed by atoms with Gasteiger partial charge in [-0.1, -0.05) is 54.1 Å². The van der Waals surface area contributed by atoms with Gasteiger partial charge in [-0.15, -0.1) is 0 Å². The van der Waals surface area contributed by atoms with E-state index in [2.05, 4.69) is 5.32 Å². The summed E-state index contributed by atoms with van der Waals surface area (Å²) in [5, 5.41) is 2.94. The minimum absolute atomic E-state index is 0.180. The molecule has 10 heteroatoms. The third-order valence-corrected chi connectivity index (χ3v) is 7.22. The summed E-state index contributed by atoms with van der Waals surface area (Å²) in [5.41, 5.74) is 2.90. The lowest BCUT2D eigenvalue weighted by atomic mass is 10.0. The van der Waals surface area contributed by atoms with Crippen molar-refractivity contribution < 1.29 is 22.7 Å². The molecule has 1 aliphatic heterocycles. The minimum Gasteiger partial charge on any atom is -0.493 e. The van der Waals surface area contributed by atoms with E-state index in [1.807, 2.05) is 47.2 Å². The SMILES string of the molecule is CN(C(=O)[C@H](Cc1ccccc1)NC(=O)NS(=O)(=O)Cc1cccc(Cl)c1)c1ccc2c(c1)CCO2. The number of halogens is 1. The molecule has 0 saturated carbocycles. The van der Waals surface area contributed by atoms with Gasteiger partial charge in [0.15, 0.2) is 0 Å². The van der Waals surface area contributed by atoms with Crippen LogP contribution >= 0.6 is 11.6 Å². The van der Waals surface area contributed by atoms with Gasteiger partial charge in [0.2, 0.25) is 15.9 Å². The van der Waals surface area contributed by atoms with Crippen molar-refractivity contribution in [3.8, 4) is 5.75 Å². The van der Waals surface area contributed by atoms with E-state index in [4.69, 9.17) is 16.3 Å². The van der Waals surface area contributed by atoms with Crippen molar-refractivity contribution in [2.75, 3.05) is 18.6 Å². The topological polar surface area (TPSA) is 105 Å². The molecule has 0 bridgehead atoms. The van der Waals surface area contributed by atoms with Gasteiger partial charge in [0, 0.05) is 30.6 Å². The number of rotatable bonds is 8. The third-order valence-electron chi connectivity index (χ3n) is 5.77. The van der Waals surface area contributed by atoms with Crippen molar-refractivity contribution in [1.29, 1.82) is 0 Å². The number of amides is 3. The molecular formula is C26H26ClN3O5S. The lowest BCUT2D eigenvalue weighted by Crippen LogP contribution is -2.52. The van der Waals surface area contributed by atoms with Crippen molar-refractivity contribution in [2.24, 2.45) is 0 Å². The standard InChI is InChI=1S/C26H26ClN3O5S/c1-30(22-10-11-24-20(16-22)12-13-35-24)25(31)23(15-18-6-3-2-4-7-18)28-26(32)29-36(33,34)17-19-8-5-9-21(27)14-19/h2-11,14,16,23H,12-13,15,17H2,1H3,(H2,28,29,32)/t23-/m0/s1. The monoisotopic (exact) mass is 527 g/mol. The van der Waals surface area contributed by atoms with Gasteiger partial charge in [0.25, 0.3) is 0 Å². The van der Waals surface area contributed by atoms with E-state index in [9.17, 15) is 18.0 Å². The second-order valence-corrected chi connectivity index (χ2v) is 10.7. The summed E-state index contributed by atoms with van der Waals surface area (Å²) in [4.78, 5) is 27.6. The Bertz CT molecular complexity index is 1370. The van der Waals surface area contributed by atoms with Gasteiger partial charge < -0.3 is 15.0 Å². The molecule has 0 fully saturated rings. The van der Waals surface area contributed by atoms with Crippen molar-refractivity contribution in [1.82, 2.24) is 10.0 Å². The Balaban J connectivity index is 1.49. The predicted octanol–water partition coefficient (Wildman–Crippen LogP) is 3.68. The number of anilines is 1. The van der Waals surface area contributed by atoms with E-state index in [-0.39, 0.29) is 12.3 Å². The molecule has 0 unspecified atom stereocenters. The van der Waals surface area contributed by atoms with Crippen LogP contribution in [0.15, 0.2) is 72.8 Å². The lowest BCUT2D eigenvalue weighted by Gasteiger charge is -2.25. The molecule has 1 aliphatic rings. The second kappa shape index (κ2) is 11.0. The highest BCUT2D eigenvalue weighted by atomic mass is 35.5. The highest BCUT2D eigenvalue weighted by Crippen LogP contribution is 2.29. The normalized spacial score (nSPS) is 13.3. The van der Waals surface area contributed by atoms with E-state index >= 15 is 0 Å². The number of benzene rings is 3. The van der Waals surface area contributed by atoms with Crippen molar-refractivity contribution >= 4 is 39.2 Å². The molecule has 4 rings (SSSR count). The molecule has 3 aromatic rings. The van der Waals surface area contributed by atoms with Gasteiger partial charge in [-0.2, -0.15) is 0 Å². The van der Waals surface area contributed by atoms with Crippen LogP contribution in [0.3, 0.4) is 0 Å². The molecular weight excluding hydrogens is 502 g/mol. The summed E-state index contributed by atoms with van der Waals surface area (Å²) >= 11 is 5.93. The van der Waals surface area contributed by atoms with Crippen LogP contribution in [0.2, 0.25) is 5.02 Å². The summed E-state index contributed by atoms with van der Waals surface area (Å²) in [6.07, 6.45) is 0.934. The van der Waals surface area contributed by atoms with E-state index < -0.39 is 27.8 Å². The number of carbonyl (C=O) groups excluding carboxylic acids is 2. The third kappa shape index (κ3) is 6.56. The highest BCUT2D eigenvalue weighted by molar-refractivity contribution is 7.89. The quantitative estimate of drug-likeness (QED) is 0.465. The zero-order valence-electron chi connectivity index (χ0n) is 19.6. The molecule has 1 heterocycles. The summed E-state index contributed by atoms with van der Waals surface area (Å²) in [5.74, 6) is -0.0296. The van der Waals surface area contributed by atoms with E-state index in [1.54, 1.807) is 31.3 Å². The van der Waals surface area contributed by atoms with Gasteiger partial charge in [-0.25, -0.2) is 17.9 Å². The first-order valence-electron chi connectivity index (χ1n) is 11.3. The summed E-state index contributed by atoms with van der Waals surface area (Å²) < 4.78 is 32.7. The van der Waals surface area contributed by atoms with Crippen LogP contribution in [0.25, 0.3) is 0 Å². The van der Waals surface area contributed by atoms with Crippen LogP contribution in [0, 0.1) is 0 Å². The fourth-order valence-corrected chi connectivity index (χ4v) is 5.25. The molecule has 36 heavy (non-hydrogen) atoms. The summed E-state index contributed by atoms with van der Waals surface area (Å²) in [7, 11) is -2.42. The van der Waals surface area contributed by atoms with E-state index in [0.717, 1.165) is 23.3 Å². The minimum atomic E-state index is -4.03. The average Bonchev–Trinajstić information content (AvgIpc) is 3.30. The maximum absolute atomic E-state index is 13.5. The van der Waals surface area contributed by atoms with Gasteiger partial charge in [0.05, 0.1) is 12.4 Å². The molecule has 0 radical (unpaired) electrons. The molecule has 3 amide bonds. The molecule has 188 valence electrons. The number of nitrogens with zero attached hydrogens (tertiary/aromatic N) is 1. The number of carbonyl (C=O) groups is 2. The average molecular weight is 528 g/mol. The molecule has 1 atom stereocenters. The molecule has 0 spiro atoms. The number of hydrogen-bond donors (Lipinski definition) is 2. The highest BCUT2D eigenvalue weighted by Gasteiger charge is 2.27. The van der Waals surface area contributed by atoms with Crippen molar-refractivity contribution in [3.63, 3.8) is 0 Å². The maximum Gasteiger partial charge on any atom is 0.329 e. The smallest absolute Gasteiger partial charge is 0.329 e. The Morgan fingerprint density at radius 2 is 1.78 bits per heavy atom. The summed E-state index contributed by atoms with van der Waals surface area (Å²) in [6.45, 7) is 0.596. The molecule has 0 aliphatic carbocycles. The molecule has 3 aromatic carbocycles. The zero-order valence-corrected chi connectivity index (χ0v) is 21.2. The van der Waals surface area contributed by atoms with Crippen LogP contribution in [0.4, 0.5) is 10.5 Å². The Hall–Kier alpha value is -3.56. The number of ether oxygens (including phenoxy) is 1. The molecule has 8 nitrogen and oxygen atoms in total. The zero-order chi connectivity index (χ0) is 25.7. The fraction of sp³-hybridized carbons (Fsp3) is 0.231. The maximum atomic E-state index is 13.5. The Labute approximate surface area is 215 Å². The largest absolute Gasteiger partial charge is 0.493 e. The molecule has 0 saturated heterocycles. The summed E-state index contributed by atoms with van der Waals surface area (Å²) in [6, 6.07) is 19.0. The number of fused-ring (bicyclic) bond motifs is 1. The molecule has 2 N–H and O–H groups in total. The number of urea groups is 1. The first-order valence-corrected chi connectivity index (χ1v) is 13.4. The van der Waals surface area contributed by atoms with Crippen LogP contribution in [-0.2, 0) is 33.4 Å². The first-order chi connectivity index (χ1) is 17.2. The van der Waals surface area contributed by atoms with Gasteiger partial charge in [-0.05, 0) is 47.0 Å². The Morgan fingerprint density at radius 1 is 1.03 bits per heavy atom.